The molecular formula is C43H65ClN4O3. The Kier molecular flexibility index (Phi) is 19.9. The number of hydrogen-bond acceptors (Lipinski definition) is 7. The second-order valence-electron chi connectivity index (χ2n) is 15.9. The van der Waals surface area contributed by atoms with Gasteiger partial charge in [0.1, 0.15) is 17.2 Å². The smallest absolute Gasteiger partial charge is 0.120 e. The van der Waals surface area contributed by atoms with Crippen molar-refractivity contribution >= 4 is 11.6 Å². The Morgan fingerprint density at radius 1 is 0.510 bits per heavy atom. The van der Waals surface area contributed by atoms with Gasteiger partial charge in [-0.25, -0.2) is 0 Å². The first-order valence-corrected chi connectivity index (χ1v) is 18.1. The van der Waals surface area contributed by atoms with E-state index in [4.69, 9.17) is 21.8 Å². The second-order valence-corrected chi connectivity index (χ2v) is 16.4. The first kappa shape index (κ1) is 45.4. The number of halogens is 1. The minimum Gasteiger partial charge on any atom is -0.508 e. The zero-order valence-electron chi connectivity index (χ0n) is 32.9. The molecule has 0 aliphatic heterocycles. The zero-order chi connectivity index (χ0) is 38.7. The van der Waals surface area contributed by atoms with Gasteiger partial charge in [0.25, 0.3) is 0 Å². The third-order valence-corrected chi connectivity index (χ3v) is 7.17. The largest absolute Gasteiger partial charge is 0.508 e. The van der Waals surface area contributed by atoms with Crippen LogP contribution in [-0.2, 0) is 26.2 Å². The van der Waals surface area contributed by atoms with Gasteiger partial charge in [0, 0.05) is 59.4 Å². The topological polar surface area (TPSA) is 109 Å². The highest BCUT2D eigenvalue weighted by molar-refractivity contribution is 6.30. The number of nitrogens with one attached hydrogen (secondary N) is 4. The van der Waals surface area contributed by atoms with Crippen molar-refractivity contribution in [2.75, 3.05) is 0 Å². The van der Waals surface area contributed by atoms with E-state index in [-0.39, 0.29) is 16.6 Å². The molecule has 0 radical (unpaired) electrons. The molecule has 4 rings (SSSR count). The Hall–Kier alpha value is -3.59. The van der Waals surface area contributed by atoms with Gasteiger partial charge in [0.15, 0.2) is 0 Å². The number of rotatable bonds is 9. The van der Waals surface area contributed by atoms with Crippen LogP contribution in [0.5, 0.6) is 17.2 Å². The van der Waals surface area contributed by atoms with Crippen LogP contribution < -0.4 is 21.3 Å². The molecule has 0 amide bonds. The standard InChI is InChI=1S/C11H16ClN.2C11H17NO.C10H15NO/c1-11(2,3)13-8-9-4-6-10(12)7-5-9;1-11(2,3)12-8-9-4-6-10(13)7-5-9;1-11(2,3)12-8-9-6-4-5-7-10(9)13;1-8(2)11-7-9-4-3-5-10(12)6-9/h4-7,13H,8H2,1-3H3;2*4-7,12-13H,8H2,1-3H3;3-6,8,11-12H,7H2,1-2H3. The van der Waals surface area contributed by atoms with Crippen molar-refractivity contribution in [3.05, 3.63) is 124 Å². The second kappa shape index (κ2) is 22.4. The van der Waals surface area contributed by atoms with Crippen molar-refractivity contribution in [1.29, 1.82) is 0 Å². The van der Waals surface area contributed by atoms with Gasteiger partial charge >= 0.3 is 0 Å². The van der Waals surface area contributed by atoms with E-state index in [9.17, 15) is 5.11 Å². The first-order valence-electron chi connectivity index (χ1n) is 17.7. The van der Waals surface area contributed by atoms with Gasteiger partial charge < -0.3 is 36.6 Å². The Morgan fingerprint density at radius 2 is 0.980 bits per heavy atom. The summed E-state index contributed by atoms with van der Waals surface area (Å²) in [6.07, 6.45) is 0. The summed E-state index contributed by atoms with van der Waals surface area (Å²) in [5.74, 6) is 1.01. The summed E-state index contributed by atoms with van der Waals surface area (Å²) in [6.45, 7) is 26.6. The molecule has 8 heteroatoms. The molecule has 7 N–H and O–H groups in total. The predicted molar refractivity (Wildman–Crippen MR) is 218 cm³/mol. The van der Waals surface area contributed by atoms with E-state index >= 15 is 0 Å². The molecule has 0 saturated carbocycles. The predicted octanol–water partition coefficient (Wildman–Crippen LogP) is 9.68. The van der Waals surface area contributed by atoms with Crippen molar-refractivity contribution in [3.63, 3.8) is 0 Å². The van der Waals surface area contributed by atoms with Gasteiger partial charge in [-0.15, -0.1) is 0 Å². The van der Waals surface area contributed by atoms with Crippen molar-refractivity contribution in [1.82, 2.24) is 21.3 Å². The highest BCUT2D eigenvalue weighted by Crippen LogP contribution is 2.16. The third-order valence-electron chi connectivity index (χ3n) is 6.92. The van der Waals surface area contributed by atoms with Crippen molar-refractivity contribution in [3.8, 4) is 17.2 Å². The van der Waals surface area contributed by atoms with Gasteiger partial charge in [0.05, 0.1) is 0 Å². The van der Waals surface area contributed by atoms with Crippen LogP contribution in [0, 0.1) is 0 Å². The summed E-state index contributed by atoms with van der Waals surface area (Å²) in [5, 5.41) is 41.9. The fraction of sp³-hybridized carbons (Fsp3) is 0.442. The van der Waals surface area contributed by atoms with E-state index in [2.05, 4.69) is 97.4 Å². The van der Waals surface area contributed by atoms with E-state index in [1.54, 1.807) is 30.3 Å². The molecule has 0 atom stereocenters. The van der Waals surface area contributed by atoms with Crippen LogP contribution in [0.4, 0.5) is 0 Å². The minimum atomic E-state index is 0.0856. The summed E-state index contributed by atoms with van der Waals surface area (Å²) in [6, 6.07) is 30.4. The van der Waals surface area contributed by atoms with Gasteiger partial charge in [0.2, 0.25) is 0 Å². The van der Waals surface area contributed by atoms with Gasteiger partial charge in [-0.3, -0.25) is 0 Å². The molecule has 0 spiro atoms. The molecule has 0 saturated heterocycles. The fourth-order valence-corrected chi connectivity index (χ4v) is 4.09. The molecule has 0 fully saturated rings. The van der Waals surface area contributed by atoms with E-state index in [1.165, 1.54) is 11.1 Å². The van der Waals surface area contributed by atoms with E-state index < -0.39 is 0 Å². The Bertz CT molecular complexity index is 1450. The molecule has 0 heterocycles. The zero-order valence-corrected chi connectivity index (χ0v) is 33.6. The van der Waals surface area contributed by atoms with E-state index in [0.29, 0.717) is 29.8 Å². The average Bonchev–Trinajstić information content (AvgIpc) is 3.03. The van der Waals surface area contributed by atoms with Crippen LogP contribution >= 0.6 is 11.6 Å². The Morgan fingerprint density at radius 3 is 1.43 bits per heavy atom. The molecule has 51 heavy (non-hydrogen) atoms. The monoisotopic (exact) mass is 720 g/mol. The van der Waals surface area contributed by atoms with Gasteiger partial charge in [-0.2, -0.15) is 0 Å². The van der Waals surface area contributed by atoms with Crippen molar-refractivity contribution in [2.24, 2.45) is 0 Å². The van der Waals surface area contributed by atoms with Crippen LogP contribution in [-0.4, -0.2) is 38.0 Å². The van der Waals surface area contributed by atoms with E-state index in [1.807, 2.05) is 66.7 Å². The molecule has 7 nitrogen and oxygen atoms in total. The molecule has 0 aromatic heterocycles. The average molecular weight is 721 g/mol. The number of phenols is 3. The molecule has 282 valence electrons. The highest BCUT2D eigenvalue weighted by atomic mass is 35.5. The van der Waals surface area contributed by atoms with Crippen LogP contribution in [0.2, 0.25) is 5.02 Å². The summed E-state index contributed by atoms with van der Waals surface area (Å²) in [7, 11) is 0. The molecule has 0 bridgehead atoms. The van der Waals surface area contributed by atoms with E-state index in [0.717, 1.165) is 35.8 Å². The quantitative estimate of drug-likeness (QED) is 0.0923. The number of benzene rings is 4. The van der Waals surface area contributed by atoms with Crippen LogP contribution in [0.1, 0.15) is 98.4 Å². The lowest BCUT2D eigenvalue weighted by atomic mass is 10.1. The minimum absolute atomic E-state index is 0.0856. The lowest BCUT2D eigenvalue weighted by Crippen LogP contribution is -2.35. The molecular weight excluding hydrogens is 656 g/mol. The number of phenolic OH excluding ortho intramolecular Hbond substituents is 3. The summed E-state index contributed by atoms with van der Waals surface area (Å²) < 4.78 is 0. The van der Waals surface area contributed by atoms with Crippen LogP contribution in [0.15, 0.2) is 97.1 Å². The molecule has 4 aromatic rings. The number of hydrogen-bond donors (Lipinski definition) is 7. The molecule has 0 aliphatic rings. The highest BCUT2D eigenvalue weighted by Gasteiger charge is 2.10. The summed E-state index contributed by atoms with van der Waals surface area (Å²) in [5.41, 5.74) is 4.90. The van der Waals surface area contributed by atoms with Gasteiger partial charge in [-0.1, -0.05) is 80.0 Å². The molecule has 4 aromatic carbocycles. The fourth-order valence-electron chi connectivity index (χ4n) is 3.96. The van der Waals surface area contributed by atoms with Crippen molar-refractivity contribution in [2.45, 2.75) is 125 Å². The lowest BCUT2D eigenvalue weighted by molar-refractivity contribution is 0.412. The van der Waals surface area contributed by atoms with Crippen LogP contribution in [0.25, 0.3) is 0 Å². The first-order chi connectivity index (χ1) is 23.6. The normalized spacial score (nSPS) is 11.4. The van der Waals surface area contributed by atoms with Crippen LogP contribution in [0.3, 0.4) is 0 Å². The third kappa shape index (κ3) is 25.1. The van der Waals surface area contributed by atoms with Crippen molar-refractivity contribution < 1.29 is 15.3 Å². The number of aromatic hydroxyl groups is 3. The maximum absolute atomic E-state index is 9.47. The SMILES string of the molecule is CC(C)(C)NCc1ccc(Cl)cc1.CC(C)(C)NCc1ccc(O)cc1.CC(C)(C)NCc1ccccc1O.CC(C)NCc1cccc(O)c1. The van der Waals surface area contributed by atoms with Gasteiger partial charge in [-0.05, 0) is 121 Å². The Balaban J connectivity index is 0.000000340. The molecule has 0 aliphatic carbocycles. The Labute approximate surface area is 313 Å². The summed E-state index contributed by atoms with van der Waals surface area (Å²) >= 11 is 5.78. The maximum atomic E-state index is 9.47. The molecule has 0 unspecified atom stereocenters. The lowest BCUT2D eigenvalue weighted by Gasteiger charge is -2.20. The number of para-hydroxylation sites is 1. The summed E-state index contributed by atoms with van der Waals surface area (Å²) in [4.78, 5) is 0. The maximum Gasteiger partial charge on any atom is 0.120 e.